The summed E-state index contributed by atoms with van der Waals surface area (Å²) < 4.78 is 5.19. The number of nitrogens with zero attached hydrogens (tertiary/aromatic N) is 4. The van der Waals surface area contributed by atoms with Gasteiger partial charge < -0.3 is 15.4 Å². The van der Waals surface area contributed by atoms with E-state index >= 15 is 0 Å². The maximum atomic E-state index is 5.19. The molecule has 0 spiro atoms. The first-order chi connectivity index (χ1) is 13.9. The van der Waals surface area contributed by atoms with Crippen LogP contribution in [0.15, 0.2) is 29.3 Å². The van der Waals surface area contributed by atoms with Crippen molar-refractivity contribution in [2.24, 2.45) is 4.99 Å². The molecule has 0 atom stereocenters. The highest BCUT2D eigenvalue weighted by Gasteiger charge is 2.13. The maximum Gasteiger partial charge on any atom is 0.191 e. The van der Waals surface area contributed by atoms with Gasteiger partial charge in [0.15, 0.2) is 11.8 Å². The van der Waals surface area contributed by atoms with Gasteiger partial charge in [0.2, 0.25) is 0 Å². The number of rotatable bonds is 10. The Hall–Kier alpha value is -2.61. The van der Waals surface area contributed by atoms with Gasteiger partial charge in [0, 0.05) is 37.3 Å². The number of hydrogen-bond acceptors (Lipinski definition) is 5. The first-order valence-corrected chi connectivity index (χ1v) is 10.3. The molecule has 2 rings (SSSR count). The Balaban J connectivity index is 1.94. The Kier molecular flexibility index (Phi) is 8.92. The molecule has 3 N–H and O–H groups in total. The Morgan fingerprint density at radius 1 is 1.14 bits per heavy atom. The number of aromatic amines is 1. The van der Waals surface area contributed by atoms with Gasteiger partial charge in [0.05, 0.1) is 7.11 Å². The summed E-state index contributed by atoms with van der Waals surface area (Å²) >= 11 is 0. The number of methoxy groups -OCH3 is 1. The smallest absolute Gasteiger partial charge is 0.191 e. The van der Waals surface area contributed by atoms with Crippen LogP contribution in [-0.4, -0.2) is 64.9 Å². The second-order valence-corrected chi connectivity index (χ2v) is 7.38. The third-order valence-corrected chi connectivity index (χ3v) is 4.60. The minimum atomic E-state index is 0.427. The third kappa shape index (κ3) is 7.05. The quantitative estimate of drug-likeness (QED) is 0.419. The molecule has 0 aliphatic heterocycles. The van der Waals surface area contributed by atoms with Crippen LogP contribution in [0, 0.1) is 0 Å². The van der Waals surface area contributed by atoms with E-state index in [9.17, 15) is 0 Å². The molecule has 0 saturated carbocycles. The lowest BCUT2D eigenvalue weighted by Crippen LogP contribution is -2.45. The van der Waals surface area contributed by atoms with Gasteiger partial charge in [-0.05, 0) is 58.9 Å². The summed E-state index contributed by atoms with van der Waals surface area (Å²) in [7, 11) is 1.65. The maximum absolute atomic E-state index is 5.19. The summed E-state index contributed by atoms with van der Waals surface area (Å²) in [6.45, 7) is 14.0. The molecular weight excluding hydrogens is 366 g/mol. The Morgan fingerprint density at radius 2 is 1.83 bits per heavy atom. The normalized spacial score (nSPS) is 12.1. The lowest BCUT2D eigenvalue weighted by atomic mass is 10.2. The van der Waals surface area contributed by atoms with Crippen molar-refractivity contribution >= 4 is 5.96 Å². The molecule has 8 nitrogen and oxygen atoms in total. The van der Waals surface area contributed by atoms with E-state index in [4.69, 9.17) is 4.74 Å². The van der Waals surface area contributed by atoms with Crippen molar-refractivity contribution in [2.75, 3.05) is 26.7 Å². The zero-order valence-electron chi connectivity index (χ0n) is 18.5. The minimum Gasteiger partial charge on any atom is -0.497 e. The van der Waals surface area contributed by atoms with Crippen LogP contribution in [-0.2, 0) is 6.54 Å². The summed E-state index contributed by atoms with van der Waals surface area (Å²) in [5.74, 6) is 2.96. The fourth-order valence-corrected chi connectivity index (χ4v) is 3.15. The molecule has 8 heteroatoms. The molecule has 0 unspecified atom stereocenters. The highest BCUT2D eigenvalue weighted by molar-refractivity contribution is 5.79. The molecule has 0 aliphatic carbocycles. The van der Waals surface area contributed by atoms with Crippen molar-refractivity contribution in [2.45, 2.75) is 53.2 Å². The average molecular weight is 402 g/mol. The van der Waals surface area contributed by atoms with E-state index in [2.05, 4.69) is 70.3 Å². The molecular formula is C21H35N7O. The van der Waals surface area contributed by atoms with E-state index in [-0.39, 0.29) is 0 Å². The topological polar surface area (TPSA) is 90.5 Å². The fourth-order valence-electron chi connectivity index (χ4n) is 3.15. The third-order valence-electron chi connectivity index (χ3n) is 4.60. The molecule has 29 heavy (non-hydrogen) atoms. The molecule has 0 amide bonds. The molecule has 160 valence electrons. The zero-order valence-corrected chi connectivity index (χ0v) is 18.5. The van der Waals surface area contributed by atoms with Crippen LogP contribution >= 0.6 is 0 Å². The number of hydrogen-bond donors (Lipinski definition) is 3. The van der Waals surface area contributed by atoms with Crippen LogP contribution in [0.3, 0.4) is 0 Å². The Labute approximate surface area is 174 Å². The lowest BCUT2D eigenvalue weighted by Gasteiger charge is -2.30. The van der Waals surface area contributed by atoms with Crippen LogP contribution in [0.4, 0.5) is 0 Å². The van der Waals surface area contributed by atoms with E-state index < -0.39 is 0 Å². The van der Waals surface area contributed by atoms with Crippen LogP contribution in [0.2, 0.25) is 0 Å². The number of nitrogens with one attached hydrogen (secondary N) is 3. The highest BCUT2D eigenvalue weighted by atomic mass is 16.5. The summed E-state index contributed by atoms with van der Waals surface area (Å²) in [4.78, 5) is 11.6. The Morgan fingerprint density at radius 3 is 2.41 bits per heavy atom. The van der Waals surface area contributed by atoms with Crippen molar-refractivity contribution in [1.29, 1.82) is 0 Å². The van der Waals surface area contributed by atoms with E-state index in [1.54, 1.807) is 7.11 Å². The standard InChI is InChI=1S/C21H35N7O/c1-7-22-21(23-12-13-28(15(2)3)16(4)5)24-14-19-25-20(27-26-19)17-8-10-18(29-6)11-9-17/h8-11,15-16H,7,12-14H2,1-6H3,(H2,22,23,24)(H,25,26,27). The van der Waals surface area contributed by atoms with Gasteiger partial charge in [-0.1, -0.05) is 0 Å². The van der Waals surface area contributed by atoms with Gasteiger partial charge in [-0.3, -0.25) is 10.00 Å². The number of ether oxygens (including phenoxy) is 1. The zero-order chi connectivity index (χ0) is 21.2. The number of guanidine groups is 1. The largest absolute Gasteiger partial charge is 0.497 e. The van der Waals surface area contributed by atoms with Crippen LogP contribution in [0.1, 0.15) is 40.4 Å². The first-order valence-electron chi connectivity index (χ1n) is 10.3. The van der Waals surface area contributed by atoms with E-state index in [1.165, 1.54) is 0 Å². The van der Waals surface area contributed by atoms with E-state index in [0.717, 1.165) is 42.7 Å². The first kappa shape index (κ1) is 22.7. The fraction of sp³-hybridized carbons (Fsp3) is 0.571. The Bertz CT molecular complexity index is 745. The summed E-state index contributed by atoms with van der Waals surface area (Å²) in [5.41, 5.74) is 0.935. The predicted molar refractivity (Wildman–Crippen MR) is 118 cm³/mol. The second kappa shape index (κ2) is 11.4. The van der Waals surface area contributed by atoms with E-state index in [1.807, 2.05) is 24.3 Å². The number of H-pyrrole nitrogens is 1. The number of aliphatic imine (C=N–C) groups is 1. The molecule has 1 aromatic heterocycles. The average Bonchev–Trinajstić information content (AvgIpc) is 3.17. The SMILES string of the molecule is CCNC(=NCc1nc(-c2ccc(OC)cc2)n[nH]1)NCCN(C(C)C)C(C)C. The van der Waals surface area contributed by atoms with Gasteiger partial charge in [-0.15, -0.1) is 0 Å². The van der Waals surface area contributed by atoms with Crippen molar-refractivity contribution < 1.29 is 4.74 Å². The van der Waals surface area contributed by atoms with Gasteiger partial charge in [0.1, 0.15) is 18.1 Å². The highest BCUT2D eigenvalue weighted by Crippen LogP contribution is 2.19. The molecule has 0 fully saturated rings. The van der Waals surface area contributed by atoms with Crippen molar-refractivity contribution in [3.8, 4) is 17.1 Å². The lowest BCUT2D eigenvalue weighted by molar-refractivity contribution is 0.178. The summed E-state index contributed by atoms with van der Waals surface area (Å²) in [5, 5.41) is 14.0. The monoisotopic (exact) mass is 401 g/mol. The van der Waals surface area contributed by atoms with E-state index in [0.29, 0.717) is 24.5 Å². The van der Waals surface area contributed by atoms with Crippen molar-refractivity contribution in [3.05, 3.63) is 30.1 Å². The molecule has 0 radical (unpaired) electrons. The molecule has 0 aliphatic rings. The molecule has 1 heterocycles. The molecule has 0 bridgehead atoms. The van der Waals surface area contributed by atoms with Crippen LogP contribution < -0.4 is 15.4 Å². The number of benzene rings is 1. The van der Waals surface area contributed by atoms with Gasteiger partial charge in [-0.25, -0.2) is 9.98 Å². The van der Waals surface area contributed by atoms with Gasteiger partial charge in [-0.2, -0.15) is 5.10 Å². The molecule has 2 aromatic rings. The van der Waals surface area contributed by atoms with Gasteiger partial charge >= 0.3 is 0 Å². The second-order valence-electron chi connectivity index (χ2n) is 7.38. The molecule has 1 aromatic carbocycles. The van der Waals surface area contributed by atoms with Crippen LogP contribution in [0.25, 0.3) is 11.4 Å². The van der Waals surface area contributed by atoms with Gasteiger partial charge in [0.25, 0.3) is 0 Å². The van der Waals surface area contributed by atoms with Crippen molar-refractivity contribution in [3.63, 3.8) is 0 Å². The summed E-state index contributed by atoms with van der Waals surface area (Å²) in [6, 6.07) is 8.71. The number of aromatic nitrogens is 3. The summed E-state index contributed by atoms with van der Waals surface area (Å²) in [6.07, 6.45) is 0. The molecule has 0 saturated heterocycles. The minimum absolute atomic E-state index is 0.427. The van der Waals surface area contributed by atoms with Crippen molar-refractivity contribution in [1.82, 2.24) is 30.7 Å². The van der Waals surface area contributed by atoms with Crippen LogP contribution in [0.5, 0.6) is 5.75 Å². The predicted octanol–water partition coefficient (Wildman–Crippen LogP) is 2.65.